The molecule has 1 heterocycles. The summed E-state index contributed by atoms with van der Waals surface area (Å²) in [5, 5.41) is 0. The predicted octanol–water partition coefficient (Wildman–Crippen LogP) is 2.21. The molecule has 1 aromatic carbocycles. The van der Waals surface area contributed by atoms with Crippen LogP contribution in [0.2, 0.25) is 0 Å². The lowest BCUT2D eigenvalue weighted by Gasteiger charge is -2.36. The van der Waals surface area contributed by atoms with Gasteiger partial charge in [-0.25, -0.2) is 8.42 Å². The minimum atomic E-state index is -3.41. The molecule has 0 N–H and O–H groups in total. The Morgan fingerprint density at radius 1 is 1.04 bits per heavy atom. The number of nitrogens with zero attached hydrogens (tertiary/aromatic N) is 2. The lowest BCUT2D eigenvalue weighted by molar-refractivity contribution is 0.156. The molecule has 1 aliphatic heterocycles. The van der Waals surface area contributed by atoms with Gasteiger partial charge in [0.05, 0.1) is 12.0 Å². The van der Waals surface area contributed by atoms with E-state index < -0.39 is 10.0 Å². The zero-order valence-corrected chi connectivity index (χ0v) is 15.5. The number of piperazine rings is 1. The molecule has 1 aromatic rings. The first-order valence-electron chi connectivity index (χ1n) is 9.11. The number of ether oxygens (including phenoxy) is 1. The molecule has 5 nitrogen and oxygen atoms in total. The molecular formula is C19H26N2O3S. The van der Waals surface area contributed by atoms with Crippen LogP contribution in [0.3, 0.4) is 0 Å². The molecule has 2 fully saturated rings. The van der Waals surface area contributed by atoms with E-state index >= 15 is 0 Å². The summed E-state index contributed by atoms with van der Waals surface area (Å²) < 4.78 is 32.3. The topological polar surface area (TPSA) is 49.9 Å². The Kier molecular flexibility index (Phi) is 4.60. The van der Waals surface area contributed by atoms with Gasteiger partial charge in [-0.15, -0.1) is 0 Å². The molecule has 0 spiro atoms. The second-order valence-electron chi connectivity index (χ2n) is 7.42. The minimum absolute atomic E-state index is 0.347. The second kappa shape index (κ2) is 6.74. The average molecular weight is 362 g/mol. The Balaban J connectivity index is 1.35. The van der Waals surface area contributed by atoms with Gasteiger partial charge in [-0.2, -0.15) is 4.31 Å². The Bertz CT molecular complexity index is 736. The first-order valence-corrected chi connectivity index (χ1v) is 10.5. The van der Waals surface area contributed by atoms with Gasteiger partial charge in [0.1, 0.15) is 5.75 Å². The number of allylic oxidation sites excluding steroid dienone is 2. The number of fused-ring (bicyclic) bond motifs is 2. The SMILES string of the molecule is COc1ccc(S(=O)(=O)N2CCN(C[C@@H]3C[C@H]4C=C[C@H]3C4)CC2)cc1. The van der Waals surface area contributed by atoms with Gasteiger partial charge >= 0.3 is 0 Å². The lowest BCUT2D eigenvalue weighted by Crippen LogP contribution is -2.49. The summed E-state index contributed by atoms with van der Waals surface area (Å²) in [6.45, 7) is 3.91. The van der Waals surface area contributed by atoms with Crippen molar-refractivity contribution in [1.29, 1.82) is 0 Å². The molecule has 3 atom stereocenters. The van der Waals surface area contributed by atoms with E-state index in [1.54, 1.807) is 35.7 Å². The Hall–Kier alpha value is -1.37. The fourth-order valence-electron chi connectivity index (χ4n) is 4.49. The number of benzene rings is 1. The van der Waals surface area contributed by atoms with Crippen molar-refractivity contribution in [3.63, 3.8) is 0 Å². The zero-order chi connectivity index (χ0) is 17.4. The number of hydrogen-bond donors (Lipinski definition) is 0. The molecule has 6 heteroatoms. The average Bonchev–Trinajstić information content (AvgIpc) is 3.25. The third kappa shape index (κ3) is 3.35. The molecule has 25 heavy (non-hydrogen) atoms. The highest BCUT2D eigenvalue weighted by molar-refractivity contribution is 7.89. The van der Waals surface area contributed by atoms with Crippen molar-refractivity contribution in [3.8, 4) is 5.75 Å². The van der Waals surface area contributed by atoms with Crippen molar-refractivity contribution in [2.75, 3.05) is 39.8 Å². The van der Waals surface area contributed by atoms with Crippen molar-refractivity contribution in [3.05, 3.63) is 36.4 Å². The minimum Gasteiger partial charge on any atom is -0.497 e. The maximum atomic E-state index is 12.8. The maximum absolute atomic E-state index is 12.8. The van der Waals surface area contributed by atoms with E-state index in [9.17, 15) is 8.42 Å². The largest absolute Gasteiger partial charge is 0.497 e. The summed E-state index contributed by atoms with van der Waals surface area (Å²) in [5.74, 6) is 2.99. The Morgan fingerprint density at radius 2 is 1.76 bits per heavy atom. The van der Waals surface area contributed by atoms with Crippen LogP contribution < -0.4 is 4.74 Å². The highest BCUT2D eigenvalue weighted by atomic mass is 32.2. The summed E-state index contributed by atoms with van der Waals surface area (Å²) in [6.07, 6.45) is 7.41. The molecule has 2 bridgehead atoms. The van der Waals surface area contributed by atoms with Gasteiger partial charge in [0.2, 0.25) is 10.0 Å². The summed E-state index contributed by atoms with van der Waals surface area (Å²) in [5.41, 5.74) is 0. The highest BCUT2D eigenvalue weighted by Crippen LogP contribution is 2.43. The van der Waals surface area contributed by atoms with Crippen LogP contribution in [-0.4, -0.2) is 57.5 Å². The van der Waals surface area contributed by atoms with E-state index in [1.165, 1.54) is 12.8 Å². The summed E-state index contributed by atoms with van der Waals surface area (Å²) in [6, 6.07) is 6.65. The van der Waals surface area contributed by atoms with Crippen LogP contribution in [0.25, 0.3) is 0 Å². The van der Waals surface area contributed by atoms with Crippen LogP contribution in [0.15, 0.2) is 41.3 Å². The molecule has 2 aliphatic carbocycles. The first-order chi connectivity index (χ1) is 12.1. The molecule has 0 aromatic heterocycles. The van der Waals surface area contributed by atoms with Gasteiger partial charge in [-0.3, -0.25) is 0 Å². The maximum Gasteiger partial charge on any atom is 0.243 e. The van der Waals surface area contributed by atoms with E-state index in [-0.39, 0.29) is 0 Å². The highest BCUT2D eigenvalue weighted by Gasteiger charge is 2.37. The number of rotatable bonds is 5. The molecular weight excluding hydrogens is 336 g/mol. The number of methoxy groups -OCH3 is 1. The van der Waals surface area contributed by atoms with Crippen LogP contribution in [0, 0.1) is 17.8 Å². The van der Waals surface area contributed by atoms with E-state index in [0.29, 0.717) is 23.7 Å². The predicted molar refractivity (Wildman–Crippen MR) is 97.0 cm³/mol. The Labute approximate surface area is 150 Å². The van der Waals surface area contributed by atoms with Crippen LogP contribution in [0.5, 0.6) is 5.75 Å². The molecule has 0 radical (unpaired) electrons. The molecule has 0 unspecified atom stereocenters. The third-order valence-electron chi connectivity index (χ3n) is 5.94. The summed E-state index contributed by atoms with van der Waals surface area (Å²) in [7, 11) is -1.83. The Morgan fingerprint density at radius 3 is 2.32 bits per heavy atom. The fourth-order valence-corrected chi connectivity index (χ4v) is 5.91. The van der Waals surface area contributed by atoms with E-state index in [1.807, 2.05) is 0 Å². The van der Waals surface area contributed by atoms with Gasteiger partial charge < -0.3 is 9.64 Å². The summed E-state index contributed by atoms with van der Waals surface area (Å²) in [4.78, 5) is 2.79. The zero-order valence-electron chi connectivity index (χ0n) is 14.7. The van der Waals surface area contributed by atoms with Crippen molar-refractivity contribution < 1.29 is 13.2 Å². The van der Waals surface area contributed by atoms with E-state index in [4.69, 9.17) is 4.74 Å². The second-order valence-corrected chi connectivity index (χ2v) is 9.36. The van der Waals surface area contributed by atoms with Crippen LogP contribution >= 0.6 is 0 Å². The van der Waals surface area contributed by atoms with Crippen molar-refractivity contribution >= 4 is 10.0 Å². The van der Waals surface area contributed by atoms with E-state index in [2.05, 4.69) is 17.1 Å². The van der Waals surface area contributed by atoms with E-state index in [0.717, 1.165) is 37.4 Å². The lowest BCUT2D eigenvalue weighted by atomic mass is 9.93. The fraction of sp³-hybridized carbons (Fsp3) is 0.579. The third-order valence-corrected chi connectivity index (χ3v) is 7.85. The molecule has 1 saturated heterocycles. The van der Waals surface area contributed by atoms with Gasteiger partial charge in [-0.05, 0) is 54.9 Å². The molecule has 1 saturated carbocycles. The van der Waals surface area contributed by atoms with Gasteiger partial charge in [0.25, 0.3) is 0 Å². The number of sulfonamides is 1. The van der Waals surface area contributed by atoms with Crippen molar-refractivity contribution in [2.24, 2.45) is 17.8 Å². The molecule has 4 rings (SSSR count). The normalized spacial score (nSPS) is 30.0. The quantitative estimate of drug-likeness (QED) is 0.754. The van der Waals surface area contributed by atoms with Crippen molar-refractivity contribution in [2.45, 2.75) is 17.7 Å². The van der Waals surface area contributed by atoms with Crippen LogP contribution in [0.4, 0.5) is 0 Å². The van der Waals surface area contributed by atoms with Crippen LogP contribution in [-0.2, 0) is 10.0 Å². The smallest absolute Gasteiger partial charge is 0.243 e. The molecule has 0 amide bonds. The number of hydrogen-bond acceptors (Lipinski definition) is 4. The summed E-state index contributed by atoms with van der Waals surface area (Å²) >= 11 is 0. The van der Waals surface area contributed by atoms with Gasteiger partial charge in [0, 0.05) is 32.7 Å². The monoisotopic (exact) mass is 362 g/mol. The molecule has 136 valence electrons. The van der Waals surface area contributed by atoms with Gasteiger partial charge in [0.15, 0.2) is 0 Å². The standard InChI is InChI=1S/C19H26N2O3S/c1-24-18-4-6-19(7-5-18)25(22,23)21-10-8-20(9-11-21)14-17-13-15-2-3-16(17)12-15/h2-7,15-17H,8-14H2,1H3/t15-,16-,17-/m0/s1. The van der Waals surface area contributed by atoms with Gasteiger partial charge in [-0.1, -0.05) is 12.2 Å². The van der Waals surface area contributed by atoms with Crippen LogP contribution in [0.1, 0.15) is 12.8 Å². The first kappa shape index (κ1) is 17.1. The van der Waals surface area contributed by atoms with Crippen molar-refractivity contribution in [1.82, 2.24) is 9.21 Å². The molecule has 3 aliphatic rings.